The van der Waals surface area contributed by atoms with Gasteiger partial charge in [0.25, 0.3) is 0 Å². The highest BCUT2D eigenvalue weighted by molar-refractivity contribution is 6.30. The number of aromatic nitrogens is 3. The first-order valence-electron chi connectivity index (χ1n) is 17.0. The predicted molar refractivity (Wildman–Crippen MR) is 177 cm³/mol. The van der Waals surface area contributed by atoms with Crippen LogP contribution in [0.2, 0.25) is 5.02 Å². The Morgan fingerprint density at radius 2 is 1.73 bits per heavy atom. The van der Waals surface area contributed by atoms with Crippen LogP contribution >= 0.6 is 11.6 Å². The molecule has 2 saturated carbocycles. The Labute approximate surface area is 268 Å². The lowest BCUT2D eigenvalue weighted by Crippen LogP contribution is -2.58. The van der Waals surface area contributed by atoms with Gasteiger partial charge in [0, 0.05) is 42.4 Å². The summed E-state index contributed by atoms with van der Waals surface area (Å²) in [5.74, 6) is 0.573. The van der Waals surface area contributed by atoms with E-state index < -0.39 is 0 Å². The highest BCUT2D eigenvalue weighted by atomic mass is 35.5. The molecule has 0 spiro atoms. The first-order chi connectivity index (χ1) is 21.4. The summed E-state index contributed by atoms with van der Waals surface area (Å²) in [5, 5.41) is 5.33. The van der Waals surface area contributed by atoms with Gasteiger partial charge in [-0.2, -0.15) is 5.10 Å². The molecule has 238 valence electrons. The van der Waals surface area contributed by atoms with Gasteiger partial charge in [0.05, 0.1) is 6.17 Å². The van der Waals surface area contributed by atoms with Crippen molar-refractivity contribution in [2.24, 2.45) is 17.1 Å². The van der Waals surface area contributed by atoms with E-state index in [9.17, 15) is 4.39 Å². The molecule has 1 aromatic heterocycles. The molecular weight excluding hydrogens is 571 g/mol. The average Bonchev–Trinajstić information content (AvgIpc) is 3.55. The van der Waals surface area contributed by atoms with Crippen LogP contribution in [0.5, 0.6) is 0 Å². The van der Waals surface area contributed by atoms with Gasteiger partial charge in [-0.25, -0.2) is 9.37 Å². The van der Waals surface area contributed by atoms with Gasteiger partial charge in [0.2, 0.25) is 0 Å². The van der Waals surface area contributed by atoms with Gasteiger partial charge in [-0.15, -0.1) is 0 Å². The topological polar surface area (TPSA) is 63.2 Å². The van der Waals surface area contributed by atoms with Crippen LogP contribution in [0.15, 0.2) is 55.1 Å². The lowest BCUT2D eigenvalue weighted by atomic mass is 9.63. The van der Waals surface area contributed by atoms with Gasteiger partial charge < -0.3 is 10.6 Å². The van der Waals surface area contributed by atoms with Gasteiger partial charge in [0.15, 0.2) is 0 Å². The van der Waals surface area contributed by atoms with Crippen LogP contribution in [0.25, 0.3) is 0 Å². The molecule has 2 heterocycles. The predicted octanol–water partition coefficient (Wildman–Crippen LogP) is 7.78. The standard InChI is InChI=1S/C36H50ClFN6/c1-27-23-31(38)12-17-34(27)44(33-15-13-32(39)14-16-33)35(18-9-28-7-10-30(37)11-8-28)42-21-19-36(20-22-42,24-43-26-40-25-41-43)29-5-3-2-4-6-29/h7-8,10-12,17,23,25-26,29,32-33,35H,2-6,9,13-16,18-22,24,39H2,1H3. The van der Waals surface area contributed by atoms with E-state index in [1.165, 1.54) is 56.2 Å². The molecule has 1 atom stereocenters. The van der Waals surface area contributed by atoms with Gasteiger partial charge >= 0.3 is 0 Å². The molecule has 6 nitrogen and oxygen atoms in total. The minimum atomic E-state index is -0.169. The first kappa shape index (κ1) is 31.5. The van der Waals surface area contributed by atoms with E-state index >= 15 is 0 Å². The molecule has 0 bridgehead atoms. The molecule has 1 saturated heterocycles. The normalized spacial score (nSPS) is 23.8. The Kier molecular flexibility index (Phi) is 10.2. The lowest BCUT2D eigenvalue weighted by Gasteiger charge is -2.53. The lowest BCUT2D eigenvalue weighted by molar-refractivity contribution is -0.00560. The molecule has 3 aromatic rings. The van der Waals surface area contributed by atoms with Crippen LogP contribution in [0.1, 0.15) is 88.2 Å². The fourth-order valence-corrected chi connectivity index (χ4v) is 8.77. The highest BCUT2D eigenvalue weighted by Gasteiger charge is 2.44. The minimum Gasteiger partial charge on any atom is -0.353 e. The number of aryl methyl sites for hydroxylation is 2. The van der Waals surface area contributed by atoms with Gasteiger partial charge in [-0.3, -0.25) is 9.58 Å². The molecule has 3 fully saturated rings. The van der Waals surface area contributed by atoms with Crippen molar-refractivity contribution in [1.82, 2.24) is 19.7 Å². The number of rotatable bonds is 10. The van der Waals surface area contributed by atoms with Crippen molar-refractivity contribution in [3.05, 3.63) is 77.1 Å². The van der Waals surface area contributed by atoms with E-state index in [0.29, 0.717) is 6.04 Å². The summed E-state index contributed by atoms with van der Waals surface area (Å²) in [4.78, 5) is 9.73. The molecular formula is C36H50ClFN6. The van der Waals surface area contributed by atoms with Crippen molar-refractivity contribution in [2.45, 2.75) is 115 Å². The molecule has 1 unspecified atom stereocenters. The summed E-state index contributed by atoms with van der Waals surface area (Å²) in [6.45, 7) is 5.14. The van der Waals surface area contributed by atoms with E-state index in [2.05, 4.69) is 43.6 Å². The maximum Gasteiger partial charge on any atom is 0.137 e. The molecule has 8 heteroatoms. The van der Waals surface area contributed by atoms with Crippen molar-refractivity contribution >= 4 is 17.3 Å². The molecule has 2 aromatic carbocycles. The van der Waals surface area contributed by atoms with Crippen LogP contribution in [0.3, 0.4) is 0 Å². The summed E-state index contributed by atoms with van der Waals surface area (Å²) in [5.41, 5.74) is 10.1. The van der Waals surface area contributed by atoms with Crippen LogP contribution < -0.4 is 10.6 Å². The van der Waals surface area contributed by atoms with E-state index in [4.69, 9.17) is 17.3 Å². The van der Waals surface area contributed by atoms with Gasteiger partial charge in [-0.05, 0) is 124 Å². The molecule has 2 aliphatic carbocycles. The number of hydrogen-bond acceptors (Lipinski definition) is 5. The Balaban J connectivity index is 1.31. The summed E-state index contributed by atoms with van der Waals surface area (Å²) < 4.78 is 16.5. The van der Waals surface area contributed by atoms with Crippen LogP contribution in [0, 0.1) is 24.1 Å². The zero-order valence-electron chi connectivity index (χ0n) is 26.4. The Morgan fingerprint density at radius 1 is 1.00 bits per heavy atom. The summed E-state index contributed by atoms with van der Waals surface area (Å²) in [7, 11) is 0. The van der Waals surface area contributed by atoms with E-state index in [-0.39, 0.29) is 23.4 Å². The highest BCUT2D eigenvalue weighted by Crippen LogP contribution is 2.48. The summed E-state index contributed by atoms with van der Waals surface area (Å²) >= 11 is 6.24. The third kappa shape index (κ3) is 7.32. The van der Waals surface area contributed by atoms with Crippen molar-refractivity contribution in [1.29, 1.82) is 0 Å². The first-order valence-corrected chi connectivity index (χ1v) is 17.4. The number of piperidine rings is 1. The molecule has 0 radical (unpaired) electrons. The SMILES string of the molecule is Cc1cc(F)ccc1N(C1CCC(N)CC1)C(CCc1ccc(Cl)cc1)N1CCC(Cn2cncn2)(C2CCCCC2)CC1. The monoisotopic (exact) mass is 620 g/mol. The van der Waals surface area contributed by atoms with Crippen molar-refractivity contribution < 1.29 is 4.39 Å². The zero-order valence-corrected chi connectivity index (χ0v) is 27.1. The number of hydrogen-bond donors (Lipinski definition) is 1. The van der Waals surface area contributed by atoms with Crippen molar-refractivity contribution in [3.63, 3.8) is 0 Å². The van der Waals surface area contributed by atoms with E-state index in [1.807, 2.05) is 24.5 Å². The Morgan fingerprint density at radius 3 is 2.39 bits per heavy atom. The number of anilines is 1. The second-order valence-corrected chi connectivity index (χ2v) is 14.3. The van der Waals surface area contributed by atoms with Crippen LogP contribution in [0.4, 0.5) is 10.1 Å². The van der Waals surface area contributed by atoms with Crippen LogP contribution in [-0.4, -0.2) is 51.0 Å². The molecule has 0 amide bonds. The third-order valence-electron chi connectivity index (χ3n) is 11.1. The fourth-order valence-electron chi connectivity index (χ4n) is 8.65. The van der Waals surface area contributed by atoms with Gasteiger partial charge in [0.1, 0.15) is 18.5 Å². The number of halogens is 2. The molecule has 2 N–H and O–H groups in total. The number of nitrogens with two attached hydrogens (primary N) is 1. The number of likely N-dealkylation sites (tertiary alicyclic amines) is 1. The quantitative estimate of drug-likeness (QED) is 0.251. The average molecular weight is 621 g/mol. The zero-order chi connectivity index (χ0) is 30.5. The number of benzene rings is 2. The van der Waals surface area contributed by atoms with E-state index in [1.54, 1.807) is 18.5 Å². The smallest absolute Gasteiger partial charge is 0.137 e. The van der Waals surface area contributed by atoms with Gasteiger partial charge in [-0.1, -0.05) is 43.0 Å². The largest absolute Gasteiger partial charge is 0.353 e. The second kappa shape index (κ2) is 14.3. The summed E-state index contributed by atoms with van der Waals surface area (Å²) in [6, 6.07) is 14.4. The van der Waals surface area contributed by atoms with Crippen molar-refractivity contribution in [2.75, 3.05) is 18.0 Å². The fraction of sp³-hybridized carbons (Fsp3) is 0.611. The van der Waals surface area contributed by atoms with E-state index in [0.717, 1.165) is 74.7 Å². The summed E-state index contributed by atoms with van der Waals surface area (Å²) in [6.07, 6.45) is 19.0. The molecule has 6 rings (SSSR count). The third-order valence-corrected chi connectivity index (χ3v) is 11.4. The maximum atomic E-state index is 14.4. The minimum absolute atomic E-state index is 0.169. The second-order valence-electron chi connectivity index (χ2n) is 13.9. The molecule has 1 aliphatic heterocycles. The Hall–Kier alpha value is -2.48. The molecule has 3 aliphatic rings. The Bertz CT molecular complexity index is 1310. The number of nitrogens with zero attached hydrogens (tertiary/aromatic N) is 5. The molecule has 44 heavy (non-hydrogen) atoms. The maximum absolute atomic E-state index is 14.4. The van der Waals surface area contributed by atoms with Crippen molar-refractivity contribution in [3.8, 4) is 0 Å². The van der Waals surface area contributed by atoms with Crippen LogP contribution in [-0.2, 0) is 13.0 Å².